The lowest BCUT2D eigenvalue weighted by Gasteiger charge is -2.27. The van der Waals surface area contributed by atoms with Gasteiger partial charge in [-0.3, -0.25) is 9.59 Å². The lowest BCUT2D eigenvalue weighted by atomic mass is 9.77. The average molecular weight is 313 g/mol. The zero-order valence-electron chi connectivity index (χ0n) is 13.1. The number of ether oxygens (including phenoxy) is 2. The van der Waals surface area contributed by atoms with Crippen LogP contribution in [0.5, 0.6) is 0 Å². The Morgan fingerprint density at radius 3 is 2.83 bits per heavy atom. The molecule has 23 heavy (non-hydrogen) atoms. The fourth-order valence-electron chi connectivity index (χ4n) is 4.17. The Kier molecular flexibility index (Phi) is 3.10. The highest BCUT2D eigenvalue weighted by Crippen LogP contribution is 2.53. The third-order valence-corrected chi connectivity index (χ3v) is 5.35. The molecular weight excluding hydrogens is 294 g/mol. The molecule has 0 unspecified atom stereocenters. The maximum absolute atomic E-state index is 13.0. The Bertz CT molecular complexity index is 686. The number of hydrogen-bond acceptors (Lipinski definition) is 4. The predicted molar refractivity (Wildman–Crippen MR) is 82.3 cm³/mol. The van der Waals surface area contributed by atoms with Gasteiger partial charge in [-0.05, 0) is 12.5 Å². The number of carbonyl (C=O) groups excluding carboxylic acids is 2. The van der Waals surface area contributed by atoms with Crippen molar-refractivity contribution < 1.29 is 19.1 Å². The molecule has 1 amide bonds. The van der Waals surface area contributed by atoms with E-state index >= 15 is 0 Å². The molecule has 3 aliphatic heterocycles. The van der Waals surface area contributed by atoms with Crippen LogP contribution in [-0.4, -0.2) is 42.1 Å². The van der Waals surface area contributed by atoms with Gasteiger partial charge in [-0.1, -0.05) is 42.5 Å². The van der Waals surface area contributed by atoms with Crippen molar-refractivity contribution in [3.63, 3.8) is 0 Å². The molecule has 0 radical (unpaired) electrons. The van der Waals surface area contributed by atoms with E-state index in [9.17, 15) is 9.59 Å². The molecule has 0 aliphatic carbocycles. The summed E-state index contributed by atoms with van der Waals surface area (Å²) in [5.41, 5.74) is 0.397. The van der Waals surface area contributed by atoms with E-state index in [1.165, 1.54) is 7.11 Å². The minimum absolute atomic E-state index is 0.0244. The fraction of sp³-hybridized carbons (Fsp3) is 0.444. The summed E-state index contributed by atoms with van der Waals surface area (Å²) < 4.78 is 10.9. The first-order valence-electron chi connectivity index (χ1n) is 7.88. The van der Waals surface area contributed by atoms with E-state index in [-0.39, 0.29) is 24.0 Å². The van der Waals surface area contributed by atoms with E-state index in [0.29, 0.717) is 6.54 Å². The summed E-state index contributed by atoms with van der Waals surface area (Å²) in [6.07, 6.45) is 3.50. The van der Waals surface area contributed by atoms with Crippen LogP contribution in [0.4, 0.5) is 0 Å². The van der Waals surface area contributed by atoms with Crippen molar-refractivity contribution in [2.75, 3.05) is 13.7 Å². The van der Waals surface area contributed by atoms with Gasteiger partial charge in [0, 0.05) is 0 Å². The van der Waals surface area contributed by atoms with Gasteiger partial charge in [0.25, 0.3) is 0 Å². The third-order valence-electron chi connectivity index (χ3n) is 5.35. The molecule has 2 fully saturated rings. The van der Waals surface area contributed by atoms with Crippen LogP contribution in [0.1, 0.15) is 18.5 Å². The summed E-state index contributed by atoms with van der Waals surface area (Å²) >= 11 is 0. The normalized spacial score (nSPS) is 35.5. The number of esters is 1. The first kappa shape index (κ1) is 14.5. The number of hydrogen-bond donors (Lipinski definition) is 0. The van der Waals surface area contributed by atoms with Gasteiger partial charge in [0.15, 0.2) is 0 Å². The van der Waals surface area contributed by atoms with E-state index in [1.54, 1.807) is 0 Å². The van der Waals surface area contributed by atoms with Crippen molar-refractivity contribution in [1.29, 1.82) is 0 Å². The van der Waals surface area contributed by atoms with Crippen molar-refractivity contribution in [1.82, 2.24) is 4.90 Å². The van der Waals surface area contributed by atoms with E-state index in [4.69, 9.17) is 9.47 Å². The van der Waals surface area contributed by atoms with E-state index < -0.39 is 17.4 Å². The smallest absolute Gasteiger partial charge is 0.312 e. The molecule has 1 spiro atoms. The van der Waals surface area contributed by atoms with Crippen molar-refractivity contribution in [2.45, 2.75) is 24.7 Å². The van der Waals surface area contributed by atoms with Crippen molar-refractivity contribution in [3.8, 4) is 0 Å². The number of amides is 1. The van der Waals surface area contributed by atoms with Crippen LogP contribution in [0.15, 0.2) is 42.5 Å². The second kappa shape index (κ2) is 4.93. The second-order valence-corrected chi connectivity index (χ2v) is 6.48. The van der Waals surface area contributed by atoms with E-state index in [1.807, 2.05) is 54.3 Å². The molecule has 2 saturated heterocycles. The number of fused-ring (bicyclic) bond motifs is 1. The standard InChI is InChI=1S/C18H19NO4/c1-11(12-6-4-3-5-7-12)19-10-18-9-8-13(23-18)14(17(21)22-2)15(18)16(19)20/h3-9,11,13-15H,10H2,1-2H3/t11-,13+,14-,15+,18-/m1/s1. The molecule has 4 rings (SSSR count). The zero-order chi connectivity index (χ0) is 16.2. The highest BCUT2D eigenvalue weighted by molar-refractivity contribution is 5.91. The largest absolute Gasteiger partial charge is 0.469 e. The van der Waals surface area contributed by atoms with Crippen LogP contribution < -0.4 is 0 Å². The molecule has 1 aromatic rings. The van der Waals surface area contributed by atoms with Crippen molar-refractivity contribution in [3.05, 3.63) is 48.0 Å². The summed E-state index contributed by atoms with van der Waals surface area (Å²) in [5, 5.41) is 0. The number of likely N-dealkylation sites (tertiary alicyclic amines) is 1. The highest BCUT2D eigenvalue weighted by atomic mass is 16.5. The summed E-state index contributed by atoms with van der Waals surface area (Å²) in [6.45, 7) is 2.49. The molecule has 3 heterocycles. The van der Waals surface area contributed by atoms with Crippen LogP contribution >= 0.6 is 0 Å². The minimum atomic E-state index is -0.677. The van der Waals surface area contributed by atoms with Gasteiger partial charge in [0.2, 0.25) is 5.91 Å². The summed E-state index contributed by atoms with van der Waals surface area (Å²) in [7, 11) is 1.36. The molecule has 3 aliphatic rings. The van der Waals surface area contributed by atoms with E-state index in [2.05, 4.69) is 0 Å². The minimum Gasteiger partial charge on any atom is -0.469 e. The number of nitrogens with zero attached hydrogens (tertiary/aromatic N) is 1. The predicted octanol–water partition coefficient (Wildman–Crippen LogP) is 1.70. The van der Waals surface area contributed by atoms with E-state index in [0.717, 1.165) is 5.56 Å². The summed E-state index contributed by atoms with van der Waals surface area (Å²) in [5.74, 6) is -1.40. The molecular formula is C18H19NO4. The Labute approximate surface area is 134 Å². The average Bonchev–Trinajstić information content (AvgIpc) is 3.22. The fourth-order valence-corrected chi connectivity index (χ4v) is 4.17. The summed E-state index contributed by atoms with van der Waals surface area (Å²) in [4.78, 5) is 27.0. The molecule has 0 aromatic heterocycles. The molecule has 5 atom stereocenters. The van der Waals surface area contributed by atoms with Gasteiger partial charge in [-0.2, -0.15) is 0 Å². The van der Waals surface area contributed by atoms with Gasteiger partial charge >= 0.3 is 5.97 Å². The quantitative estimate of drug-likeness (QED) is 0.629. The lowest BCUT2D eigenvalue weighted by Crippen LogP contribution is -2.39. The number of rotatable bonds is 3. The van der Waals surface area contributed by atoms with Crippen LogP contribution in [0.2, 0.25) is 0 Å². The second-order valence-electron chi connectivity index (χ2n) is 6.48. The molecule has 0 N–H and O–H groups in total. The van der Waals surface area contributed by atoms with Gasteiger partial charge < -0.3 is 14.4 Å². The van der Waals surface area contributed by atoms with Gasteiger partial charge in [0.05, 0.1) is 31.7 Å². The topological polar surface area (TPSA) is 55.8 Å². The van der Waals surface area contributed by atoms with Gasteiger partial charge in [0.1, 0.15) is 11.5 Å². The van der Waals surface area contributed by atoms with Crippen LogP contribution in [0, 0.1) is 11.8 Å². The maximum Gasteiger partial charge on any atom is 0.312 e. The lowest BCUT2D eigenvalue weighted by molar-refractivity contribution is -0.151. The van der Waals surface area contributed by atoms with Gasteiger partial charge in [-0.15, -0.1) is 0 Å². The Morgan fingerprint density at radius 1 is 1.39 bits per heavy atom. The number of carbonyl (C=O) groups is 2. The first-order chi connectivity index (χ1) is 11.1. The SMILES string of the molecule is COC(=O)[C@@H]1[C@@H]2C=C[C@]3(CN([C@H](C)c4ccccc4)C(=O)[C@H]13)O2. The van der Waals surface area contributed by atoms with Gasteiger partial charge in [-0.25, -0.2) is 0 Å². The third kappa shape index (κ3) is 1.89. The van der Waals surface area contributed by atoms with Crippen LogP contribution in [-0.2, 0) is 19.1 Å². The Hall–Kier alpha value is -2.14. The number of methoxy groups -OCH3 is 1. The molecule has 0 saturated carbocycles. The highest BCUT2D eigenvalue weighted by Gasteiger charge is 2.67. The molecule has 120 valence electrons. The summed E-state index contributed by atoms with van der Waals surface area (Å²) in [6, 6.07) is 9.84. The monoisotopic (exact) mass is 313 g/mol. The Balaban J connectivity index is 1.67. The van der Waals surface area contributed by atoms with Crippen molar-refractivity contribution in [2.24, 2.45) is 11.8 Å². The van der Waals surface area contributed by atoms with Crippen LogP contribution in [0.3, 0.4) is 0 Å². The number of benzene rings is 1. The first-order valence-corrected chi connectivity index (χ1v) is 7.88. The molecule has 2 bridgehead atoms. The molecule has 5 nitrogen and oxygen atoms in total. The zero-order valence-corrected chi connectivity index (χ0v) is 13.1. The van der Waals surface area contributed by atoms with Crippen molar-refractivity contribution >= 4 is 11.9 Å². The molecule has 1 aromatic carbocycles. The Morgan fingerprint density at radius 2 is 2.13 bits per heavy atom. The molecule has 5 heteroatoms. The maximum atomic E-state index is 13.0. The van der Waals surface area contributed by atoms with Crippen LogP contribution in [0.25, 0.3) is 0 Å².